The Labute approximate surface area is 186 Å². The molecule has 1 aromatic carbocycles. The fourth-order valence-electron chi connectivity index (χ4n) is 3.98. The molecule has 1 saturated heterocycles. The minimum atomic E-state index is -1.37. The number of nitrogens with one attached hydrogen (secondary N) is 1. The number of para-hydroxylation sites is 2. The number of aromatic nitrogens is 1. The lowest BCUT2D eigenvalue weighted by atomic mass is 9.91. The zero-order valence-electron chi connectivity index (χ0n) is 17.8. The van der Waals surface area contributed by atoms with Crippen LogP contribution in [0.2, 0.25) is 0 Å². The van der Waals surface area contributed by atoms with Gasteiger partial charge in [0.25, 0.3) is 0 Å². The van der Waals surface area contributed by atoms with E-state index in [2.05, 4.69) is 16.9 Å². The second kappa shape index (κ2) is 9.48. The summed E-state index contributed by atoms with van der Waals surface area (Å²) in [4.78, 5) is 4.43. The third-order valence-corrected chi connectivity index (χ3v) is 7.03. The van der Waals surface area contributed by atoms with Crippen LogP contribution in [0, 0.1) is 6.92 Å². The second-order valence-electron chi connectivity index (χ2n) is 7.93. The van der Waals surface area contributed by atoms with Crippen molar-refractivity contribution in [1.29, 1.82) is 0 Å². The van der Waals surface area contributed by atoms with Crippen molar-refractivity contribution >= 4 is 22.6 Å². The Hall–Kier alpha value is -2.26. The Morgan fingerprint density at radius 2 is 2.00 bits per heavy atom. The highest BCUT2D eigenvalue weighted by atomic mass is 32.2. The lowest BCUT2D eigenvalue weighted by Crippen LogP contribution is -2.38. The SMILES string of the molecule is C=C(Nc1ccccc1N)[S+]([O-])Cc1nccc(OC2CCC3(CC2)OCCO3)c1C. The maximum Gasteiger partial charge on any atom is 0.216 e. The molecule has 0 radical (unpaired) electrons. The Kier molecular flexibility index (Phi) is 6.71. The summed E-state index contributed by atoms with van der Waals surface area (Å²) in [6.45, 7) is 7.22. The van der Waals surface area contributed by atoms with Gasteiger partial charge in [0, 0.05) is 35.8 Å². The standard InChI is InChI=1S/C23H29N3O4S/c1-16-21(15-31(27)17(2)26-20-6-4-3-5-19(20)24)25-12-9-22(16)30-18-7-10-23(11-8-18)28-13-14-29-23/h3-6,9,12,18,26H,2,7-8,10-11,13-15,24H2,1H3. The van der Waals surface area contributed by atoms with E-state index in [-0.39, 0.29) is 11.9 Å². The lowest BCUT2D eigenvalue weighted by Gasteiger charge is -2.35. The molecule has 1 unspecified atom stereocenters. The summed E-state index contributed by atoms with van der Waals surface area (Å²) >= 11 is -1.37. The number of rotatable bonds is 7. The van der Waals surface area contributed by atoms with Crippen molar-refractivity contribution in [3.63, 3.8) is 0 Å². The van der Waals surface area contributed by atoms with Crippen LogP contribution in [0.5, 0.6) is 5.75 Å². The fraction of sp³-hybridized carbons (Fsp3) is 0.435. The number of hydrogen-bond acceptors (Lipinski definition) is 7. The second-order valence-corrected chi connectivity index (χ2v) is 9.40. The molecule has 8 heteroatoms. The van der Waals surface area contributed by atoms with E-state index < -0.39 is 17.0 Å². The summed E-state index contributed by atoms with van der Waals surface area (Å²) in [7, 11) is 0. The van der Waals surface area contributed by atoms with Gasteiger partial charge in [-0.25, -0.2) is 0 Å². The van der Waals surface area contributed by atoms with Crippen LogP contribution in [-0.2, 0) is 26.4 Å². The maximum atomic E-state index is 12.8. The Balaban J connectivity index is 1.36. The molecule has 1 spiro atoms. The molecule has 2 aliphatic rings. The van der Waals surface area contributed by atoms with Crippen LogP contribution >= 0.6 is 0 Å². The molecule has 1 aromatic heterocycles. The van der Waals surface area contributed by atoms with E-state index in [0.717, 1.165) is 42.7 Å². The number of hydrogen-bond donors (Lipinski definition) is 2. The molecule has 2 aromatic rings. The zero-order valence-corrected chi connectivity index (χ0v) is 18.6. The molecule has 1 aliphatic carbocycles. The van der Waals surface area contributed by atoms with Crippen LogP contribution < -0.4 is 15.8 Å². The Bertz CT molecular complexity index is 923. The molecule has 0 amide bonds. The third-order valence-electron chi connectivity index (χ3n) is 5.84. The number of nitrogen functional groups attached to an aromatic ring is 1. The zero-order chi connectivity index (χ0) is 21.8. The van der Waals surface area contributed by atoms with Crippen LogP contribution in [0.15, 0.2) is 48.1 Å². The van der Waals surface area contributed by atoms with Gasteiger partial charge < -0.3 is 29.8 Å². The molecule has 7 nitrogen and oxygen atoms in total. The molecule has 1 saturated carbocycles. The van der Waals surface area contributed by atoms with Gasteiger partial charge in [-0.2, -0.15) is 0 Å². The number of nitrogens with two attached hydrogens (primary N) is 1. The molecule has 2 heterocycles. The monoisotopic (exact) mass is 443 g/mol. The third kappa shape index (κ3) is 5.15. The fourth-order valence-corrected chi connectivity index (χ4v) is 4.91. The Morgan fingerprint density at radius 1 is 1.29 bits per heavy atom. The molecule has 31 heavy (non-hydrogen) atoms. The van der Waals surface area contributed by atoms with Gasteiger partial charge in [0.2, 0.25) is 5.03 Å². The molecular weight excluding hydrogens is 414 g/mol. The van der Waals surface area contributed by atoms with Crippen molar-refractivity contribution in [2.75, 3.05) is 24.3 Å². The van der Waals surface area contributed by atoms with Crippen molar-refractivity contribution < 1.29 is 18.8 Å². The highest BCUT2D eigenvalue weighted by Gasteiger charge is 2.41. The van der Waals surface area contributed by atoms with E-state index in [1.54, 1.807) is 12.3 Å². The van der Waals surface area contributed by atoms with Crippen LogP contribution in [0.25, 0.3) is 0 Å². The minimum Gasteiger partial charge on any atom is -0.610 e. The number of benzene rings is 1. The molecule has 166 valence electrons. The van der Waals surface area contributed by atoms with E-state index in [1.165, 1.54) is 0 Å². The Morgan fingerprint density at radius 3 is 2.71 bits per heavy atom. The smallest absolute Gasteiger partial charge is 0.216 e. The van der Waals surface area contributed by atoms with Crippen molar-refractivity contribution in [2.45, 2.75) is 50.3 Å². The van der Waals surface area contributed by atoms with Crippen LogP contribution in [0.1, 0.15) is 36.9 Å². The summed E-state index contributed by atoms with van der Waals surface area (Å²) in [5, 5.41) is 3.44. The predicted molar refractivity (Wildman–Crippen MR) is 122 cm³/mol. The van der Waals surface area contributed by atoms with Crippen molar-refractivity contribution in [3.05, 3.63) is 59.4 Å². The van der Waals surface area contributed by atoms with E-state index in [1.807, 2.05) is 31.2 Å². The number of nitrogens with zero attached hydrogens (tertiary/aromatic N) is 1. The average molecular weight is 444 g/mol. The summed E-state index contributed by atoms with van der Waals surface area (Å²) < 4.78 is 30.7. The molecule has 1 aliphatic heterocycles. The topological polar surface area (TPSA) is 102 Å². The molecule has 2 fully saturated rings. The van der Waals surface area contributed by atoms with Crippen molar-refractivity contribution in [3.8, 4) is 5.75 Å². The lowest BCUT2D eigenvalue weighted by molar-refractivity contribution is -0.186. The first kappa shape index (κ1) is 22.0. The number of anilines is 2. The molecule has 4 rings (SSSR count). The largest absolute Gasteiger partial charge is 0.610 e. The number of pyridine rings is 1. The summed E-state index contributed by atoms with van der Waals surface area (Å²) in [6.07, 6.45) is 5.24. The van der Waals surface area contributed by atoms with Gasteiger partial charge in [0.15, 0.2) is 11.5 Å². The van der Waals surface area contributed by atoms with Gasteiger partial charge in [0.05, 0.1) is 36.4 Å². The van der Waals surface area contributed by atoms with E-state index >= 15 is 0 Å². The molecular formula is C23H29N3O4S. The molecule has 3 N–H and O–H groups in total. The summed E-state index contributed by atoms with van der Waals surface area (Å²) in [5.74, 6) is 0.629. The normalized spacial score (nSPS) is 19.3. The van der Waals surface area contributed by atoms with Gasteiger partial charge in [0.1, 0.15) is 5.75 Å². The van der Waals surface area contributed by atoms with Crippen LogP contribution in [0.4, 0.5) is 11.4 Å². The summed E-state index contributed by atoms with van der Waals surface area (Å²) in [6, 6.07) is 9.18. The quantitative estimate of drug-likeness (QED) is 0.495. The minimum absolute atomic E-state index is 0.107. The van der Waals surface area contributed by atoms with Gasteiger partial charge in [-0.3, -0.25) is 4.98 Å². The number of ether oxygens (including phenoxy) is 3. The highest BCUT2D eigenvalue weighted by molar-refractivity contribution is 7.94. The van der Waals surface area contributed by atoms with Crippen LogP contribution in [-0.4, -0.2) is 34.6 Å². The van der Waals surface area contributed by atoms with Gasteiger partial charge in [-0.1, -0.05) is 12.1 Å². The van der Waals surface area contributed by atoms with Gasteiger partial charge in [-0.15, -0.1) is 0 Å². The maximum absolute atomic E-state index is 12.8. The van der Waals surface area contributed by atoms with Gasteiger partial charge in [-0.05, 0) is 44.5 Å². The van der Waals surface area contributed by atoms with E-state index in [9.17, 15) is 4.55 Å². The van der Waals surface area contributed by atoms with Crippen molar-refractivity contribution in [1.82, 2.24) is 4.98 Å². The van der Waals surface area contributed by atoms with Crippen LogP contribution in [0.3, 0.4) is 0 Å². The molecule has 1 atom stereocenters. The predicted octanol–water partition coefficient (Wildman–Crippen LogP) is 3.87. The summed E-state index contributed by atoms with van der Waals surface area (Å²) in [5.41, 5.74) is 8.84. The first-order chi connectivity index (χ1) is 15.0. The van der Waals surface area contributed by atoms with Gasteiger partial charge >= 0.3 is 0 Å². The van der Waals surface area contributed by atoms with E-state index in [4.69, 9.17) is 19.9 Å². The first-order valence-corrected chi connectivity index (χ1v) is 11.9. The van der Waals surface area contributed by atoms with E-state index in [0.29, 0.717) is 29.6 Å². The highest BCUT2D eigenvalue weighted by Crippen LogP contribution is 2.37. The average Bonchev–Trinajstić information content (AvgIpc) is 3.22. The molecule has 0 bridgehead atoms. The van der Waals surface area contributed by atoms with Crippen molar-refractivity contribution in [2.24, 2.45) is 0 Å². The first-order valence-electron chi connectivity index (χ1n) is 10.5.